The summed E-state index contributed by atoms with van der Waals surface area (Å²) in [6, 6.07) is 0. The summed E-state index contributed by atoms with van der Waals surface area (Å²) in [5.74, 6) is -2.62. The quantitative estimate of drug-likeness (QED) is 0.551. The predicted octanol–water partition coefficient (Wildman–Crippen LogP) is 0.120. The molecule has 2 rings (SSSR count). The third-order valence-corrected chi connectivity index (χ3v) is 4.34. The van der Waals surface area contributed by atoms with E-state index in [0.29, 0.717) is 0 Å². The summed E-state index contributed by atoms with van der Waals surface area (Å²) in [5, 5.41) is 0. The number of alkyl halides is 1. The summed E-state index contributed by atoms with van der Waals surface area (Å²) in [6.45, 7) is 2.27. The van der Waals surface area contributed by atoms with E-state index in [1.54, 1.807) is 0 Å². The lowest BCUT2D eigenvalue weighted by atomic mass is 10.2. The van der Waals surface area contributed by atoms with E-state index >= 15 is 0 Å². The first-order valence-corrected chi connectivity index (χ1v) is 7.76. The highest BCUT2D eigenvalue weighted by atomic mass is 79.9. The Morgan fingerprint density at radius 1 is 1.46 bits per heavy atom. The van der Waals surface area contributed by atoms with E-state index in [1.165, 1.54) is 13.8 Å². The van der Waals surface area contributed by atoms with Crippen molar-refractivity contribution in [1.29, 1.82) is 0 Å². The van der Waals surface area contributed by atoms with Crippen LogP contribution in [0.2, 0.25) is 0 Å². The van der Waals surface area contributed by atoms with Crippen molar-refractivity contribution in [3.63, 3.8) is 0 Å². The monoisotopic (exact) mass is 407 g/mol. The summed E-state index contributed by atoms with van der Waals surface area (Å²) < 4.78 is 30.1. The minimum Gasteiger partial charge on any atom is -0.463 e. The Balaban J connectivity index is 2.34. The largest absolute Gasteiger partial charge is 0.463 e. The van der Waals surface area contributed by atoms with Gasteiger partial charge in [-0.2, -0.15) is 4.98 Å². The normalized spacial score (nSPS) is 26.2. The molecule has 132 valence electrons. The molecule has 2 heterocycles. The van der Waals surface area contributed by atoms with E-state index in [1.807, 2.05) is 0 Å². The molecule has 24 heavy (non-hydrogen) atoms. The molecule has 11 heteroatoms. The molecule has 1 aliphatic heterocycles. The molecule has 2 N–H and O–H groups in total. The lowest BCUT2D eigenvalue weighted by Gasteiger charge is -2.21. The Labute approximate surface area is 144 Å². The van der Waals surface area contributed by atoms with E-state index in [4.69, 9.17) is 19.9 Å². The van der Waals surface area contributed by atoms with Crippen molar-refractivity contribution in [2.24, 2.45) is 0 Å². The number of esters is 2. The van der Waals surface area contributed by atoms with Crippen molar-refractivity contribution in [2.75, 3.05) is 12.3 Å². The number of halogens is 2. The first-order valence-electron chi connectivity index (χ1n) is 6.85. The van der Waals surface area contributed by atoms with Gasteiger partial charge in [0, 0.05) is 13.8 Å². The molecule has 1 aromatic rings. The highest BCUT2D eigenvalue weighted by Crippen LogP contribution is 2.36. The van der Waals surface area contributed by atoms with Gasteiger partial charge in [-0.05, 0) is 0 Å². The molecule has 4 atom stereocenters. The van der Waals surface area contributed by atoms with Crippen LogP contribution in [0.1, 0.15) is 20.1 Å². The van der Waals surface area contributed by atoms with Gasteiger partial charge in [0.1, 0.15) is 12.7 Å². The maximum absolute atomic E-state index is 13.7. The summed E-state index contributed by atoms with van der Waals surface area (Å²) in [6.07, 6.45) is -2.03. The Kier molecular flexibility index (Phi) is 5.54. The van der Waals surface area contributed by atoms with Crippen molar-refractivity contribution in [3.05, 3.63) is 22.5 Å². The van der Waals surface area contributed by atoms with Crippen molar-refractivity contribution in [1.82, 2.24) is 9.55 Å². The second-order valence-corrected chi connectivity index (χ2v) is 6.11. The third kappa shape index (κ3) is 3.90. The van der Waals surface area contributed by atoms with E-state index in [-0.39, 0.29) is 6.61 Å². The van der Waals surface area contributed by atoms with Gasteiger partial charge in [0.25, 0.3) is 0 Å². The number of aromatic nitrogens is 2. The third-order valence-electron chi connectivity index (χ3n) is 3.23. The zero-order valence-corrected chi connectivity index (χ0v) is 14.4. The van der Waals surface area contributed by atoms with Crippen molar-refractivity contribution in [2.45, 2.75) is 37.1 Å². The molecule has 0 amide bonds. The fraction of sp³-hybridized carbons (Fsp3) is 0.538. The van der Waals surface area contributed by atoms with E-state index < -0.39 is 52.5 Å². The highest BCUT2D eigenvalue weighted by molar-refractivity contribution is 9.09. The molecule has 1 aromatic heterocycles. The molecular formula is C13H15BrFN3O6. The van der Waals surface area contributed by atoms with Crippen LogP contribution in [0.3, 0.4) is 0 Å². The number of carbonyl (C=O) groups is 2. The van der Waals surface area contributed by atoms with Crippen LogP contribution in [0.25, 0.3) is 0 Å². The standard InChI is InChI=1S/C13H15BrFN3O6/c1-5(19)22-4-8-9(14)10(23-6(2)20)12(24-8)18-3-7(15)11(16)17-13(18)21/h3,8-10,12H,4H2,1-2H3,(H2,16,17,21)/t8?,9?,10-,12?/m1/s1. The zero-order valence-electron chi connectivity index (χ0n) is 12.8. The van der Waals surface area contributed by atoms with Crippen LogP contribution in [-0.2, 0) is 23.8 Å². The molecule has 0 bridgehead atoms. The van der Waals surface area contributed by atoms with Gasteiger partial charge in [0.05, 0.1) is 11.0 Å². The van der Waals surface area contributed by atoms with Gasteiger partial charge >= 0.3 is 17.6 Å². The Morgan fingerprint density at radius 3 is 2.71 bits per heavy atom. The highest BCUT2D eigenvalue weighted by Gasteiger charge is 2.47. The number of nitrogens with zero attached hydrogens (tertiary/aromatic N) is 2. The molecule has 0 aromatic carbocycles. The number of anilines is 1. The number of ether oxygens (including phenoxy) is 3. The van der Waals surface area contributed by atoms with Crippen LogP contribution >= 0.6 is 15.9 Å². The molecule has 0 saturated carbocycles. The molecule has 3 unspecified atom stereocenters. The fourth-order valence-corrected chi connectivity index (χ4v) is 2.86. The average Bonchev–Trinajstić information content (AvgIpc) is 2.77. The van der Waals surface area contributed by atoms with Crippen LogP contribution < -0.4 is 11.4 Å². The van der Waals surface area contributed by atoms with Crippen LogP contribution in [0, 0.1) is 5.82 Å². The number of hydrogen-bond acceptors (Lipinski definition) is 8. The minimum atomic E-state index is -1.16. The summed E-state index contributed by atoms with van der Waals surface area (Å²) in [4.78, 5) is 37.0. The molecule has 0 aliphatic carbocycles. The van der Waals surface area contributed by atoms with Crippen LogP contribution in [-0.4, -0.2) is 45.1 Å². The maximum atomic E-state index is 13.7. The summed E-state index contributed by atoms with van der Waals surface area (Å²) >= 11 is 3.30. The van der Waals surface area contributed by atoms with Crippen LogP contribution in [0.5, 0.6) is 0 Å². The first kappa shape index (κ1) is 18.3. The second-order valence-electron chi connectivity index (χ2n) is 5.05. The Bertz CT molecular complexity index is 711. The van der Waals surface area contributed by atoms with E-state index in [0.717, 1.165) is 10.8 Å². The molecule has 1 fully saturated rings. The minimum absolute atomic E-state index is 0.140. The average molecular weight is 408 g/mol. The van der Waals surface area contributed by atoms with E-state index in [2.05, 4.69) is 20.9 Å². The second kappa shape index (κ2) is 7.26. The Morgan fingerprint density at radius 2 is 2.12 bits per heavy atom. The number of nitrogens with two attached hydrogens (primary N) is 1. The number of hydrogen-bond donors (Lipinski definition) is 1. The lowest BCUT2D eigenvalue weighted by Crippen LogP contribution is -2.37. The van der Waals surface area contributed by atoms with Crippen molar-refractivity contribution < 1.29 is 28.2 Å². The number of rotatable bonds is 4. The van der Waals surface area contributed by atoms with Gasteiger partial charge in [-0.15, -0.1) is 0 Å². The van der Waals surface area contributed by atoms with Gasteiger partial charge in [-0.1, -0.05) is 15.9 Å². The SMILES string of the molecule is CC(=O)OCC1OC(n2cc(F)c(N)nc2=O)[C@H](OC(C)=O)C1Br. The summed E-state index contributed by atoms with van der Waals surface area (Å²) in [5.41, 5.74) is 4.38. The maximum Gasteiger partial charge on any atom is 0.351 e. The topological polar surface area (TPSA) is 123 Å². The molecule has 1 saturated heterocycles. The first-order chi connectivity index (χ1) is 11.2. The van der Waals surface area contributed by atoms with Crippen LogP contribution in [0.4, 0.5) is 10.2 Å². The van der Waals surface area contributed by atoms with Crippen LogP contribution in [0.15, 0.2) is 11.0 Å². The molecule has 1 aliphatic rings. The zero-order chi connectivity index (χ0) is 18.0. The molecule has 0 spiro atoms. The van der Waals surface area contributed by atoms with Gasteiger partial charge in [-0.3, -0.25) is 14.2 Å². The molecule has 0 radical (unpaired) electrons. The van der Waals surface area contributed by atoms with Gasteiger partial charge in [-0.25, -0.2) is 9.18 Å². The fourth-order valence-electron chi connectivity index (χ4n) is 2.21. The lowest BCUT2D eigenvalue weighted by molar-refractivity contribution is -0.153. The molecule has 9 nitrogen and oxygen atoms in total. The van der Waals surface area contributed by atoms with Gasteiger partial charge in [0.2, 0.25) is 0 Å². The van der Waals surface area contributed by atoms with E-state index in [9.17, 15) is 18.8 Å². The Hall–Kier alpha value is -2.01. The number of carbonyl (C=O) groups excluding carboxylic acids is 2. The van der Waals surface area contributed by atoms with Gasteiger partial charge < -0.3 is 19.9 Å². The van der Waals surface area contributed by atoms with Gasteiger partial charge in [0.15, 0.2) is 24.0 Å². The number of nitrogen functional groups attached to an aromatic ring is 1. The summed E-state index contributed by atoms with van der Waals surface area (Å²) in [7, 11) is 0. The predicted molar refractivity (Wildman–Crippen MR) is 81.7 cm³/mol. The smallest absolute Gasteiger partial charge is 0.351 e. The molecular weight excluding hydrogens is 393 g/mol. The van der Waals surface area contributed by atoms with Crippen molar-refractivity contribution >= 4 is 33.7 Å². The van der Waals surface area contributed by atoms with Crippen molar-refractivity contribution in [3.8, 4) is 0 Å².